The Labute approximate surface area is 192 Å². The van der Waals surface area contributed by atoms with Crippen molar-refractivity contribution in [3.63, 3.8) is 0 Å². The summed E-state index contributed by atoms with van der Waals surface area (Å²) >= 11 is 0. The summed E-state index contributed by atoms with van der Waals surface area (Å²) < 4.78 is 10.8. The van der Waals surface area contributed by atoms with Gasteiger partial charge in [0.1, 0.15) is 6.61 Å². The van der Waals surface area contributed by atoms with Crippen molar-refractivity contribution in [2.75, 3.05) is 26.7 Å². The van der Waals surface area contributed by atoms with Crippen LogP contribution in [0.1, 0.15) is 59.4 Å². The average molecular weight is 450 g/mol. The van der Waals surface area contributed by atoms with E-state index in [9.17, 15) is 19.5 Å². The molecule has 0 aromatic heterocycles. The minimum Gasteiger partial charge on any atom is -0.481 e. The normalized spacial score (nSPS) is 14.5. The molecule has 180 valence electrons. The fourth-order valence-corrected chi connectivity index (χ4v) is 3.77. The van der Waals surface area contributed by atoms with Crippen LogP contribution < -0.4 is 0 Å². The van der Waals surface area contributed by atoms with E-state index in [1.165, 1.54) is 0 Å². The van der Waals surface area contributed by atoms with Gasteiger partial charge in [-0.3, -0.25) is 14.4 Å². The summed E-state index contributed by atoms with van der Waals surface area (Å²) in [7, 11) is 2.00. The van der Waals surface area contributed by atoms with Crippen LogP contribution in [0.15, 0.2) is 30.3 Å². The lowest BCUT2D eigenvalue weighted by Crippen LogP contribution is -2.40. The second kappa shape index (κ2) is 12.6. The summed E-state index contributed by atoms with van der Waals surface area (Å²) in [5.74, 6) is -2.54. The van der Waals surface area contributed by atoms with E-state index >= 15 is 0 Å². The van der Waals surface area contributed by atoms with Crippen LogP contribution in [0.2, 0.25) is 0 Å². The summed E-state index contributed by atoms with van der Waals surface area (Å²) in [6.45, 7) is 10.8. The molecule has 32 heavy (non-hydrogen) atoms. The molecule has 0 aliphatic carbocycles. The monoisotopic (exact) mass is 449 g/mol. The van der Waals surface area contributed by atoms with Crippen LogP contribution in [0.3, 0.4) is 0 Å². The maximum absolute atomic E-state index is 12.7. The standard InChI is InChI=1S/C25H39NO6/c1-7-26(6)14-11-15-31-21(27)19(2)16-25(5,22(28)29)18-24(3,4)23(30)32-17-20-12-9-8-10-13-20/h8-10,12-13,19H,7,11,14-18H2,1-6H3,(H,28,29). The zero-order valence-electron chi connectivity index (χ0n) is 20.3. The molecule has 0 saturated heterocycles. The lowest BCUT2D eigenvalue weighted by Gasteiger charge is -2.34. The number of hydrogen-bond donors (Lipinski definition) is 1. The van der Waals surface area contributed by atoms with Crippen molar-refractivity contribution in [3.8, 4) is 0 Å². The molecule has 0 radical (unpaired) electrons. The molecule has 7 nitrogen and oxygen atoms in total. The van der Waals surface area contributed by atoms with Crippen molar-refractivity contribution in [1.29, 1.82) is 0 Å². The summed E-state index contributed by atoms with van der Waals surface area (Å²) in [6.07, 6.45) is 0.840. The number of aliphatic carboxylic acids is 1. The van der Waals surface area contributed by atoms with Crippen LogP contribution in [-0.2, 0) is 30.5 Å². The maximum Gasteiger partial charge on any atom is 0.311 e. The molecular weight excluding hydrogens is 410 g/mol. The first-order chi connectivity index (χ1) is 14.9. The Kier molecular flexibility index (Phi) is 10.9. The molecule has 0 saturated carbocycles. The number of hydrogen-bond acceptors (Lipinski definition) is 6. The van der Waals surface area contributed by atoms with Gasteiger partial charge >= 0.3 is 17.9 Å². The van der Waals surface area contributed by atoms with Gasteiger partial charge in [-0.2, -0.15) is 0 Å². The van der Waals surface area contributed by atoms with E-state index in [1.54, 1.807) is 27.7 Å². The summed E-state index contributed by atoms with van der Waals surface area (Å²) in [5.41, 5.74) is -1.45. The van der Waals surface area contributed by atoms with E-state index in [4.69, 9.17) is 9.47 Å². The highest BCUT2D eigenvalue weighted by atomic mass is 16.5. The molecule has 2 atom stereocenters. The predicted molar refractivity (Wildman–Crippen MR) is 123 cm³/mol. The van der Waals surface area contributed by atoms with Gasteiger partial charge in [-0.1, -0.05) is 44.2 Å². The van der Waals surface area contributed by atoms with Gasteiger partial charge < -0.3 is 19.5 Å². The van der Waals surface area contributed by atoms with Crippen LogP contribution in [0.4, 0.5) is 0 Å². The SMILES string of the molecule is CCN(C)CCCOC(=O)C(C)CC(C)(CC(C)(C)C(=O)OCc1ccccc1)C(=O)O. The van der Waals surface area contributed by atoms with Crippen LogP contribution >= 0.6 is 0 Å². The maximum atomic E-state index is 12.7. The molecule has 0 amide bonds. The molecular formula is C25H39NO6. The quantitative estimate of drug-likeness (QED) is 0.337. The number of esters is 2. The highest BCUT2D eigenvalue weighted by molar-refractivity contribution is 5.80. The van der Waals surface area contributed by atoms with Crippen LogP contribution in [-0.4, -0.2) is 54.7 Å². The fourth-order valence-electron chi connectivity index (χ4n) is 3.77. The molecule has 1 rings (SSSR count). The van der Waals surface area contributed by atoms with E-state index < -0.39 is 34.7 Å². The van der Waals surface area contributed by atoms with Gasteiger partial charge in [0.15, 0.2) is 0 Å². The van der Waals surface area contributed by atoms with Crippen molar-refractivity contribution in [1.82, 2.24) is 4.90 Å². The van der Waals surface area contributed by atoms with E-state index in [0.29, 0.717) is 6.61 Å². The molecule has 0 bridgehead atoms. The van der Waals surface area contributed by atoms with Crippen LogP contribution in [0.25, 0.3) is 0 Å². The third kappa shape index (κ3) is 8.99. The Morgan fingerprint density at radius 2 is 1.72 bits per heavy atom. The molecule has 0 fully saturated rings. The second-order valence-electron chi connectivity index (χ2n) is 9.51. The highest BCUT2D eigenvalue weighted by Crippen LogP contribution is 2.40. The lowest BCUT2D eigenvalue weighted by molar-refractivity contribution is -0.162. The van der Waals surface area contributed by atoms with E-state index in [2.05, 4.69) is 11.8 Å². The van der Waals surface area contributed by atoms with Gasteiger partial charge in [-0.25, -0.2) is 0 Å². The first-order valence-corrected chi connectivity index (χ1v) is 11.2. The molecule has 0 heterocycles. The molecule has 1 aromatic carbocycles. The van der Waals surface area contributed by atoms with Gasteiger partial charge in [-0.15, -0.1) is 0 Å². The summed E-state index contributed by atoms with van der Waals surface area (Å²) in [4.78, 5) is 39.3. The second-order valence-corrected chi connectivity index (χ2v) is 9.51. The van der Waals surface area contributed by atoms with Crippen molar-refractivity contribution >= 4 is 17.9 Å². The Balaban J connectivity index is 2.68. The van der Waals surface area contributed by atoms with Crippen molar-refractivity contribution < 1.29 is 29.0 Å². The molecule has 2 unspecified atom stereocenters. The number of ether oxygens (including phenoxy) is 2. The predicted octanol–water partition coefficient (Wildman–Crippen LogP) is 4.15. The Bertz CT molecular complexity index is 748. The number of benzene rings is 1. The lowest BCUT2D eigenvalue weighted by atomic mass is 9.70. The molecule has 0 aliphatic rings. The first kappa shape index (κ1) is 27.6. The van der Waals surface area contributed by atoms with Gasteiger partial charge in [0.25, 0.3) is 0 Å². The van der Waals surface area contributed by atoms with Crippen LogP contribution in [0.5, 0.6) is 0 Å². The average Bonchev–Trinajstić information content (AvgIpc) is 2.74. The number of rotatable bonds is 14. The number of carboxylic acid groups (broad SMARTS) is 1. The third-order valence-corrected chi connectivity index (χ3v) is 5.74. The largest absolute Gasteiger partial charge is 0.481 e. The van der Waals surface area contributed by atoms with Crippen molar-refractivity contribution in [3.05, 3.63) is 35.9 Å². The molecule has 1 aromatic rings. The van der Waals surface area contributed by atoms with E-state index in [0.717, 1.165) is 25.1 Å². The minimum atomic E-state index is -1.28. The summed E-state index contributed by atoms with van der Waals surface area (Å²) in [5, 5.41) is 9.91. The smallest absolute Gasteiger partial charge is 0.311 e. The van der Waals surface area contributed by atoms with Gasteiger partial charge in [0.05, 0.1) is 23.4 Å². The minimum absolute atomic E-state index is 0.0435. The van der Waals surface area contributed by atoms with Gasteiger partial charge in [-0.05, 0) is 59.2 Å². The van der Waals surface area contributed by atoms with E-state index in [1.807, 2.05) is 37.4 Å². The number of carbonyl (C=O) groups is 3. The van der Waals surface area contributed by atoms with E-state index in [-0.39, 0.29) is 19.4 Å². The highest BCUT2D eigenvalue weighted by Gasteiger charge is 2.44. The van der Waals surface area contributed by atoms with Gasteiger partial charge in [0.2, 0.25) is 0 Å². The Morgan fingerprint density at radius 3 is 2.28 bits per heavy atom. The van der Waals surface area contributed by atoms with Crippen molar-refractivity contribution in [2.24, 2.45) is 16.7 Å². The van der Waals surface area contributed by atoms with Crippen molar-refractivity contribution in [2.45, 2.75) is 60.5 Å². The zero-order chi connectivity index (χ0) is 24.4. The fraction of sp³-hybridized carbons (Fsp3) is 0.640. The molecule has 1 N–H and O–H groups in total. The number of nitrogens with zero attached hydrogens (tertiary/aromatic N) is 1. The Morgan fingerprint density at radius 1 is 1.09 bits per heavy atom. The molecule has 0 spiro atoms. The number of carbonyl (C=O) groups excluding carboxylic acids is 2. The molecule has 0 aliphatic heterocycles. The van der Waals surface area contributed by atoms with Crippen LogP contribution in [0, 0.1) is 16.7 Å². The molecule has 7 heteroatoms. The summed E-state index contributed by atoms with van der Waals surface area (Å²) in [6, 6.07) is 9.31. The van der Waals surface area contributed by atoms with Gasteiger partial charge in [0, 0.05) is 6.54 Å². The first-order valence-electron chi connectivity index (χ1n) is 11.2. The third-order valence-electron chi connectivity index (χ3n) is 5.74. The number of carboxylic acids is 1. The topological polar surface area (TPSA) is 93.1 Å². The zero-order valence-corrected chi connectivity index (χ0v) is 20.3. The Hall–Kier alpha value is -2.41.